The molecule has 0 spiro atoms. The monoisotopic (exact) mass is 306 g/mol. The first-order valence-electron chi connectivity index (χ1n) is 7.75. The fourth-order valence-corrected chi connectivity index (χ4v) is 2.28. The molecular weight excluding hydrogens is 284 g/mol. The molecule has 1 aromatic carbocycles. The van der Waals surface area contributed by atoms with Crippen molar-refractivity contribution in [1.29, 1.82) is 0 Å². The Bertz CT molecular complexity index is 511. The minimum atomic E-state index is -0.451. The Kier molecular flexibility index (Phi) is 5.75. The molecule has 0 aliphatic heterocycles. The second kappa shape index (κ2) is 7.77. The first kappa shape index (κ1) is 16.3. The van der Waals surface area contributed by atoms with Gasteiger partial charge in [0.2, 0.25) is 5.91 Å². The maximum Gasteiger partial charge on any atom is 0.269 e. The molecule has 1 aliphatic rings. The van der Waals surface area contributed by atoms with E-state index in [0.29, 0.717) is 24.7 Å². The topological polar surface area (TPSA) is 72.7 Å². The molecule has 22 heavy (non-hydrogen) atoms. The third-order valence-corrected chi connectivity index (χ3v) is 3.65. The molecule has 2 rings (SSSR count). The van der Waals surface area contributed by atoms with Crippen LogP contribution in [0.15, 0.2) is 24.3 Å². The van der Waals surface area contributed by atoms with Crippen molar-refractivity contribution in [3.8, 4) is 5.75 Å². The zero-order valence-corrected chi connectivity index (χ0v) is 12.9. The van der Waals surface area contributed by atoms with E-state index in [1.807, 2.05) is 4.90 Å². The smallest absolute Gasteiger partial charge is 0.269 e. The van der Waals surface area contributed by atoms with Gasteiger partial charge in [-0.3, -0.25) is 14.9 Å². The predicted octanol–water partition coefficient (Wildman–Crippen LogP) is 3.01. The Labute approximate surface area is 130 Å². The molecule has 1 saturated carbocycles. The molecule has 0 atom stereocenters. The average molecular weight is 306 g/mol. The summed E-state index contributed by atoms with van der Waals surface area (Å²) in [6.45, 7) is 4.03. The zero-order chi connectivity index (χ0) is 15.9. The lowest BCUT2D eigenvalue weighted by molar-refractivity contribution is -0.384. The van der Waals surface area contributed by atoms with Crippen LogP contribution in [0.3, 0.4) is 0 Å². The van der Waals surface area contributed by atoms with Gasteiger partial charge in [-0.1, -0.05) is 6.92 Å². The number of non-ortho nitro benzene ring substituents is 1. The molecule has 6 nitrogen and oxygen atoms in total. The number of carbonyl (C=O) groups is 1. The van der Waals surface area contributed by atoms with Gasteiger partial charge in [-0.2, -0.15) is 0 Å². The normalized spacial score (nSPS) is 13.7. The summed E-state index contributed by atoms with van der Waals surface area (Å²) in [5.74, 6) is 1.35. The van der Waals surface area contributed by atoms with Gasteiger partial charge < -0.3 is 9.64 Å². The van der Waals surface area contributed by atoms with Crippen LogP contribution in [0.4, 0.5) is 5.69 Å². The number of carbonyl (C=O) groups excluding carboxylic acids is 1. The van der Waals surface area contributed by atoms with Crippen molar-refractivity contribution < 1.29 is 14.5 Å². The highest BCUT2D eigenvalue weighted by molar-refractivity contribution is 5.76. The number of benzene rings is 1. The second-order valence-electron chi connectivity index (χ2n) is 5.63. The lowest BCUT2D eigenvalue weighted by Crippen LogP contribution is -2.34. The van der Waals surface area contributed by atoms with Gasteiger partial charge in [0.25, 0.3) is 5.69 Å². The number of rotatable bonds is 9. The van der Waals surface area contributed by atoms with Gasteiger partial charge in [-0.25, -0.2) is 0 Å². The molecule has 0 heterocycles. The minimum absolute atomic E-state index is 0.0296. The quantitative estimate of drug-likeness (QED) is 0.519. The van der Waals surface area contributed by atoms with Crippen molar-refractivity contribution in [3.05, 3.63) is 34.4 Å². The van der Waals surface area contributed by atoms with E-state index in [1.54, 1.807) is 12.1 Å². The summed E-state index contributed by atoms with van der Waals surface area (Å²) in [5.41, 5.74) is 0.0296. The summed E-state index contributed by atoms with van der Waals surface area (Å²) in [6, 6.07) is 5.90. The van der Waals surface area contributed by atoms with E-state index in [1.165, 1.54) is 25.0 Å². The van der Waals surface area contributed by atoms with Crippen molar-refractivity contribution >= 4 is 11.6 Å². The number of nitro groups is 1. The molecule has 1 aromatic rings. The number of nitro benzene ring substituents is 1. The fourth-order valence-electron chi connectivity index (χ4n) is 2.28. The Balaban J connectivity index is 1.76. The molecule has 120 valence electrons. The summed E-state index contributed by atoms with van der Waals surface area (Å²) in [6.07, 6.45) is 3.75. The Morgan fingerprint density at radius 3 is 2.59 bits per heavy atom. The SMILES string of the molecule is CCCN(CC1CC1)C(=O)CCOc1ccc([N+](=O)[O-])cc1. The Hall–Kier alpha value is -2.11. The van der Waals surface area contributed by atoms with E-state index in [4.69, 9.17) is 4.74 Å². The Morgan fingerprint density at radius 2 is 2.05 bits per heavy atom. The summed E-state index contributed by atoms with van der Waals surface area (Å²) in [4.78, 5) is 24.2. The molecule has 1 fully saturated rings. The molecule has 0 aromatic heterocycles. The van der Waals surface area contributed by atoms with E-state index in [2.05, 4.69) is 6.92 Å². The number of hydrogen-bond donors (Lipinski definition) is 0. The third kappa shape index (κ3) is 5.02. The van der Waals surface area contributed by atoms with Crippen LogP contribution in [0.25, 0.3) is 0 Å². The summed E-state index contributed by atoms with van der Waals surface area (Å²) < 4.78 is 5.49. The summed E-state index contributed by atoms with van der Waals surface area (Å²) in [5, 5.41) is 10.6. The highest BCUT2D eigenvalue weighted by Crippen LogP contribution is 2.30. The van der Waals surface area contributed by atoms with E-state index < -0.39 is 4.92 Å². The maximum absolute atomic E-state index is 12.2. The van der Waals surface area contributed by atoms with Gasteiger partial charge in [0, 0.05) is 25.2 Å². The molecule has 6 heteroatoms. The lowest BCUT2D eigenvalue weighted by Gasteiger charge is -2.22. The predicted molar refractivity (Wildman–Crippen MR) is 82.8 cm³/mol. The van der Waals surface area contributed by atoms with E-state index >= 15 is 0 Å². The standard InChI is InChI=1S/C16H22N2O4/c1-2-10-17(12-13-3-4-13)16(19)9-11-22-15-7-5-14(6-8-15)18(20)21/h5-8,13H,2-4,9-12H2,1H3. The molecule has 0 saturated heterocycles. The van der Waals surface area contributed by atoms with E-state index in [0.717, 1.165) is 19.5 Å². The van der Waals surface area contributed by atoms with Gasteiger partial charge in [0.15, 0.2) is 0 Å². The van der Waals surface area contributed by atoms with Gasteiger partial charge in [0.05, 0.1) is 18.0 Å². The largest absolute Gasteiger partial charge is 0.493 e. The minimum Gasteiger partial charge on any atom is -0.493 e. The second-order valence-corrected chi connectivity index (χ2v) is 5.63. The van der Waals surface area contributed by atoms with Gasteiger partial charge in [-0.15, -0.1) is 0 Å². The van der Waals surface area contributed by atoms with Crippen molar-refractivity contribution in [2.75, 3.05) is 19.7 Å². The highest BCUT2D eigenvalue weighted by Gasteiger charge is 2.26. The molecule has 1 amide bonds. The fraction of sp³-hybridized carbons (Fsp3) is 0.562. The molecular formula is C16H22N2O4. The zero-order valence-electron chi connectivity index (χ0n) is 12.9. The number of ether oxygens (including phenoxy) is 1. The summed E-state index contributed by atoms with van der Waals surface area (Å²) >= 11 is 0. The molecule has 1 aliphatic carbocycles. The summed E-state index contributed by atoms with van der Waals surface area (Å²) in [7, 11) is 0. The van der Waals surface area contributed by atoms with Crippen molar-refractivity contribution in [3.63, 3.8) is 0 Å². The molecule has 0 bridgehead atoms. The van der Waals surface area contributed by atoms with Crippen LogP contribution in [-0.4, -0.2) is 35.4 Å². The Morgan fingerprint density at radius 1 is 1.36 bits per heavy atom. The number of nitrogens with zero attached hydrogens (tertiary/aromatic N) is 2. The van der Waals surface area contributed by atoms with Gasteiger partial charge >= 0.3 is 0 Å². The highest BCUT2D eigenvalue weighted by atomic mass is 16.6. The third-order valence-electron chi connectivity index (χ3n) is 3.65. The maximum atomic E-state index is 12.2. The van der Waals surface area contributed by atoms with Crippen LogP contribution >= 0.6 is 0 Å². The van der Waals surface area contributed by atoms with Crippen LogP contribution in [0.5, 0.6) is 5.75 Å². The number of hydrogen-bond acceptors (Lipinski definition) is 4. The first-order valence-corrected chi connectivity index (χ1v) is 7.75. The van der Waals surface area contributed by atoms with Crippen LogP contribution in [-0.2, 0) is 4.79 Å². The van der Waals surface area contributed by atoms with Gasteiger partial charge in [-0.05, 0) is 37.3 Å². The van der Waals surface area contributed by atoms with Crippen LogP contribution < -0.4 is 4.74 Å². The van der Waals surface area contributed by atoms with Crippen LogP contribution in [0.1, 0.15) is 32.6 Å². The van der Waals surface area contributed by atoms with Gasteiger partial charge in [0.1, 0.15) is 5.75 Å². The van der Waals surface area contributed by atoms with Crippen molar-refractivity contribution in [1.82, 2.24) is 4.90 Å². The van der Waals surface area contributed by atoms with E-state index in [9.17, 15) is 14.9 Å². The van der Waals surface area contributed by atoms with Crippen LogP contribution in [0, 0.1) is 16.0 Å². The molecule has 0 N–H and O–H groups in total. The molecule has 0 radical (unpaired) electrons. The van der Waals surface area contributed by atoms with Crippen LogP contribution in [0.2, 0.25) is 0 Å². The van der Waals surface area contributed by atoms with Crippen molar-refractivity contribution in [2.24, 2.45) is 5.92 Å². The van der Waals surface area contributed by atoms with Crippen molar-refractivity contribution in [2.45, 2.75) is 32.6 Å². The number of amides is 1. The first-order chi connectivity index (χ1) is 10.6. The molecule has 0 unspecified atom stereocenters. The average Bonchev–Trinajstić information content (AvgIpc) is 3.31. The van der Waals surface area contributed by atoms with E-state index in [-0.39, 0.29) is 11.6 Å². The lowest BCUT2D eigenvalue weighted by atomic mass is 10.3.